The minimum Gasteiger partial charge on any atom is -0.314 e. The third kappa shape index (κ3) is 3.44. The van der Waals surface area contributed by atoms with Gasteiger partial charge >= 0.3 is 0 Å². The van der Waals surface area contributed by atoms with Crippen molar-refractivity contribution in [3.05, 3.63) is 35.1 Å². The highest BCUT2D eigenvalue weighted by Gasteiger charge is 2.28. The number of nitrogens with one attached hydrogen (secondary N) is 1. The summed E-state index contributed by atoms with van der Waals surface area (Å²) in [6.07, 6.45) is 2.12. The van der Waals surface area contributed by atoms with Gasteiger partial charge in [-0.1, -0.05) is 19.1 Å². The molecule has 2 fully saturated rings. The first kappa shape index (κ1) is 14.9. The normalized spacial score (nSPS) is 24.6. The van der Waals surface area contributed by atoms with Gasteiger partial charge in [0, 0.05) is 57.4 Å². The Hall–Kier alpha value is -0.970. The summed E-state index contributed by atoms with van der Waals surface area (Å²) >= 11 is 0. The standard InChI is InChI=1S/C17H26FN3/c1-2-14-4-3-5-17(18)16(14)13-20-9-6-15(12-20)21-10-7-19-8-11-21/h3-5,15,19H,2,6-13H2,1H3. The van der Waals surface area contributed by atoms with E-state index in [-0.39, 0.29) is 5.82 Å². The summed E-state index contributed by atoms with van der Waals surface area (Å²) in [4.78, 5) is 5.02. The SMILES string of the molecule is CCc1cccc(F)c1CN1CCC(N2CCNCC2)C1. The summed E-state index contributed by atoms with van der Waals surface area (Å²) in [5, 5.41) is 3.41. The summed E-state index contributed by atoms with van der Waals surface area (Å²) in [6.45, 7) is 9.54. The molecule has 3 rings (SSSR count). The number of halogens is 1. The topological polar surface area (TPSA) is 18.5 Å². The molecule has 0 spiro atoms. The van der Waals surface area contributed by atoms with Crippen LogP contribution in [0.5, 0.6) is 0 Å². The van der Waals surface area contributed by atoms with Crippen LogP contribution in [-0.4, -0.2) is 55.1 Å². The molecule has 0 amide bonds. The van der Waals surface area contributed by atoms with Gasteiger partial charge in [-0.05, 0) is 24.5 Å². The lowest BCUT2D eigenvalue weighted by Crippen LogP contribution is -2.49. The van der Waals surface area contributed by atoms with E-state index in [4.69, 9.17) is 0 Å². The van der Waals surface area contributed by atoms with Crippen LogP contribution < -0.4 is 5.32 Å². The largest absolute Gasteiger partial charge is 0.314 e. The average molecular weight is 291 g/mol. The van der Waals surface area contributed by atoms with Crippen molar-refractivity contribution in [2.75, 3.05) is 39.3 Å². The van der Waals surface area contributed by atoms with E-state index in [1.54, 1.807) is 6.07 Å². The minimum atomic E-state index is -0.0417. The van der Waals surface area contributed by atoms with Crippen LogP contribution in [0.4, 0.5) is 4.39 Å². The van der Waals surface area contributed by atoms with Crippen molar-refractivity contribution in [2.45, 2.75) is 32.4 Å². The van der Waals surface area contributed by atoms with E-state index in [2.05, 4.69) is 28.1 Å². The molecule has 2 saturated heterocycles. The molecule has 116 valence electrons. The van der Waals surface area contributed by atoms with Crippen LogP contribution in [0, 0.1) is 5.82 Å². The molecule has 2 aliphatic heterocycles. The van der Waals surface area contributed by atoms with E-state index in [1.165, 1.54) is 6.42 Å². The van der Waals surface area contributed by atoms with Gasteiger partial charge in [0.15, 0.2) is 0 Å². The summed E-state index contributed by atoms with van der Waals surface area (Å²) in [5.41, 5.74) is 2.06. The summed E-state index contributed by atoms with van der Waals surface area (Å²) in [5.74, 6) is -0.0417. The molecule has 1 atom stereocenters. The quantitative estimate of drug-likeness (QED) is 0.913. The van der Waals surface area contributed by atoms with Gasteiger partial charge in [-0.25, -0.2) is 4.39 Å². The first-order valence-corrected chi connectivity index (χ1v) is 8.21. The van der Waals surface area contributed by atoms with Gasteiger partial charge in [0.05, 0.1) is 0 Å². The molecule has 0 bridgehead atoms. The monoisotopic (exact) mass is 291 g/mol. The third-order valence-corrected chi connectivity index (χ3v) is 4.89. The Kier molecular flexibility index (Phi) is 4.88. The number of likely N-dealkylation sites (tertiary alicyclic amines) is 1. The molecule has 3 nitrogen and oxygen atoms in total. The van der Waals surface area contributed by atoms with Crippen LogP contribution in [0.3, 0.4) is 0 Å². The van der Waals surface area contributed by atoms with Crippen LogP contribution in [0.25, 0.3) is 0 Å². The number of aryl methyl sites for hydroxylation is 1. The second-order valence-electron chi connectivity index (χ2n) is 6.19. The first-order chi connectivity index (χ1) is 10.3. The fraction of sp³-hybridized carbons (Fsp3) is 0.647. The second kappa shape index (κ2) is 6.86. The van der Waals surface area contributed by atoms with Gasteiger partial charge in [0.25, 0.3) is 0 Å². The Morgan fingerprint density at radius 3 is 2.81 bits per heavy atom. The van der Waals surface area contributed by atoms with Crippen LogP contribution in [0.15, 0.2) is 18.2 Å². The minimum absolute atomic E-state index is 0.0417. The first-order valence-electron chi connectivity index (χ1n) is 8.21. The molecular formula is C17H26FN3. The fourth-order valence-corrected chi connectivity index (χ4v) is 3.64. The van der Waals surface area contributed by atoms with E-state index >= 15 is 0 Å². The van der Waals surface area contributed by atoms with Crippen LogP contribution >= 0.6 is 0 Å². The number of rotatable bonds is 4. The maximum Gasteiger partial charge on any atom is 0.127 e. The number of piperazine rings is 1. The van der Waals surface area contributed by atoms with Crippen molar-refractivity contribution >= 4 is 0 Å². The number of hydrogen-bond acceptors (Lipinski definition) is 3. The Bertz CT molecular complexity index is 471. The molecule has 1 unspecified atom stereocenters. The molecule has 0 saturated carbocycles. The molecule has 1 aromatic carbocycles. The molecule has 2 heterocycles. The van der Waals surface area contributed by atoms with Crippen molar-refractivity contribution in [3.8, 4) is 0 Å². The van der Waals surface area contributed by atoms with Crippen LogP contribution in [0.1, 0.15) is 24.5 Å². The predicted octanol–water partition coefficient (Wildman–Crippen LogP) is 1.87. The molecular weight excluding hydrogens is 265 g/mol. The molecule has 1 aromatic rings. The van der Waals surface area contributed by atoms with Crippen molar-refractivity contribution < 1.29 is 4.39 Å². The maximum absolute atomic E-state index is 14.1. The smallest absolute Gasteiger partial charge is 0.127 e. The fourth-order valence-electron chi connectivity index (χ4n) is 3.64. The Morgan fingerprint density at radius 2 is 2.05 bits per heavy atom. The molecule has 2 aliphatic rings. The number of hydrogen-bond donors (Lipinski definition) is 1. The van der Waals surface area contributed by atoms with E-state index in [0.29, 0.717) is 6.04 Å². The number of nitrogens with zero attached hydrogens (tertiary/aromatic N) is 2. The van der Waals surface area contributed by atoms with Gasteiger partial charge in [-0.15, -0.1) is 0 Å². The Morgan fingerprint density at radius 1 is 1.24 bits per heavy atom. The van der Waals surface area contributed by atoms with E-state index in [1.807, 2.05) is 6.07 Å². The van der Waals surface area contributed by atoms with E-state index < -0.39 is 0 Å². The Balaban J connectivity index is 1.62. The van der Waals surface area contributed by atoms with E-state index in [0.717, 1.165) is 63.4 Å². The zero-order chi connectivity index (χ0) is 14.7. The molecule has 4 heteroatoms. The van der Waals surface area contributed by atoms with Gasteiger partial charge in [-0.2, -0.15) is 0 Å². The Labute approximate surface area is 127 Å². The van der Waals surface area contributed by atoms with Gasteiger partial charge in [0.2, 0.25) is 0 Å². The van der Waals surface area contributed by atoms with Gasteiger partial charge in [-0.3, -0.25) is 9.80 Å². The van der Waals surface area contributed by atoms with Gasteiger partial charge in [0.1, 0.15) is 5.82 Å². The van der Waals surface area contributed by atoms with E-state index in [9.17, 15) is 4.39 Å². The number of benzene rings is 1. The lowest BCUT2D eigenvalue weighted by molar-refractivity contribution is 0.170. The second-order valence-corrected chi connectivity index (χ2v) is 6.19. The molecule has 0 radical (unpaired) electrons. The summed E-state index contributed by atoms with van der Waals surface area (Å²) in [7, 11) is 0. The molecule has 21 heavy (non-hydrogen) atoms. The zero-order valence-electron chi connectivity index (χ0n) is 12.9. The van der Waals surface area contributed by atoms with Crippen LogP contribution in [-0.2, 0) is 13.0 Å². The maximum atomic E-state index is 14.1. The van der Waals surface area contributed by atoms with Crippen molar-refractivity contribution in [1.82, 2.24) is 15.1 Å². The average Bonchev–Trinajstić information content (AvgIpc) is 2.99. The highest BCUT2D eigenvalue weighted by Crippen LogP contribution is 2.22. The third-order valence-electron chi connectivity index (χ3n) is 4.89. The molecule has 0 aliphatic carbocycles. The van der Waals surface area contributed by atoms with Crippen molar-refractivity contribution in [3.63, 3.8) is 0 Å². The van der Waals surface area contributed by atoms with Crippen molar-refractivity contribution in [2.24, 2.45) is 0 Å². The lowest BCUT2D eigenvalue weighted by atomic mass is 10.0. The zero-order valence-corrected chi connectivity index (χ0v) is 12.9. The van der Waals surface area contributed by atoms with Crippen LogP contribution in [0.2, 0.25) is 0 Å². The highest BCUT2D eigenvalue weighted by molar-refractivity contribution is 5.28. The summed E-state index contributed by atoms with van der Waals surface area (Å²) in [6, 6.07) is 6.13. The van der Waals surface area contributed by atoms with Gasteiger partial charge < -0.3 is 5.32 Å². The summed E-state index contributed by atoms with van der Waals surface area (Å²) < 4.78 is 14.1. The predicted molar refractivity (Wildman–Crippen MR) is 83.9 cm³/mol. The lowest BCUT2D eigenvalue weighted by Gasteiger charge is -2.32. The van der Waals surface area contributed by atoms with Crippen molar-refractivity contribution in [1.29, 1.82) is 0 Å². The molecule has 1 N–H and O–H groups in total. The molecule has 0 aromatic heterocycles. The highest BCUT2D eigenvalue weighted by atomic mass is 19.1.